The molecule has 0 spiro atoms. The number of furan rings is 1. The average Bonchev–Trinajstić information content (AvgIpc) is 3.79. The van der Waals surface area contributed by atoms with E-state index in [-0.39, 0.29) is 10.8 Å². The minimum atomic E-state index is -0.200. The van der Waals surface area contributed by atoms with Gasteiger partial charge in [0.25, 0.3) is 0 Å². The summed E-state index contributed by atoms with van der Waals surface area (Å²) < 4.78 is 6.80. The first-order valence-electron chi connectivity index (χ1n) is 19.0. The first-order valence-corrected chi connectivity index (χ1v) is 19.0. The van der Waals surface area contributed by atoms with Gasteiger partial charge in [-0.05, 0) is 110 Å². The first kappa shape index (κ1) is 31.2. The molecule has 0 amide bonds. The van der Waals surface area contributed by atoms with Gasteiger partial charge in [-0.1, -0.05) is 143 Å². The number of benzene rings is 8. The lowest BCUT2D eigenvalue weighted by Crippen LogP contribution is -2.16. The summed E-state index contributed by atoms with van der Waals surface area (Å²) in [6.45, 7) is 9.47. The Morgan fingerprint density at radius 3 is 1.81 bits per heavy atom. The van der Waals surface area contributed by atoms with Gasteiger partial charge in [0, 0.05) is 44.1 Å². The normalized spacial score (nSPS) is 14.6. The van der Waals surface area contributed by atoms with Gasteiger partial charge in [0.15, 0.2) is 0 Å². The highest BCUT2D eigenvalue weighted by molar-refractivity contribution is 6.23. The summed E-state index contributed by atoms with van der Waals surface area (Å²) in [6, 6.07) is 60.1. The topological polar surface area (TPSA) is 16.4 Å². The number of fused-ring (bicyclic) bond motifs is 13. The molecule has 11 rings (SSSR count). The van der Waals surface area contributed by atoms with Crippen LogP contribution in [0.4, 0.5) is 17.1 Å². The SMILES string of the molecule is CC1(C)c2ccccc2-c2ccc(N(c3ccc(-c4ccccc4)cc3)c3ccc4c(c3)c3c(c5c6ccccc6oc45)C(C)(C)c4ccccc4-3)cc21. The van der Waals surface area contributed by atoms with Crippen molar-refractivity contribution in [2.45, 2.75) is 38.5 Å². The van der Waals surface area contributed by atoms with Crippen molar-refractivity contribution >= 4 is 49.8 Å². The van der Waals surface area contributed by atoms with Gasteiger partial charge in [-0.15, -0.1) is 0 Å². The Morgan fingerprint density at radius 2 is 1.02 bits per heavy atom. The van der Waals surface area contributed by atoms with Crippen LogP contribution in [0.2, 0.25) is 0 Å². The Morgan fingerprint density at radius 1 is 0.426 bits per heavy atom. The second-order valence-corrected chi connectivity index (χ2v) is 16.1. The molecule has 0 N–H and O–H groups in total. The molecule has 0 radical (unpaired) electrons. The highest BCUT2D eigenvalue weighted by atomic mass is 16.3. The molecule has 2 nitrogen and oxygen atoms in total. The zero-order valence-corrected chi connectivity index (χ0v) is 30.9. The number of para-hydroxylation sites is 1. The Balaban J connectivity index is 1.18. The second kappa shape index (κ2) is 11.1. The summed E-state index contributed by atoms with van der Waals surface area (Å²) in [6.07, 6.45) is 0. The van der Waals surface area contributed by atoms with Gasteiger partial charge >= 0.3 is 0 Å². The van der Waals surface area contributed by atoms with Gasteiger partial charge in [-0.25, -0.2) is 0 Å². The zero-order valence-electron chi connectivity index (χ0n) is 30.9. The van der Waals surface area contributed by atoms with Gasteiger partial charge in [0.05, 0.1) is 0 Å². The van der Waals surface area contributed by atoms with Crippen LogP contribution >= 0.6 is 0 Å². The molecule has 1 aromatic heterocycles. The predicted octanol–water partition coefficient (Wildman–Crippen LogP) is 14.5. The van der Waals surface area contributed by atoms with E-state index in [0.29, 0.717) is 0 Å². The van der Waals surface area contributed by atoms with Crippen molar-refractivity contribution in [3.8, 4) is 33.4 Å². The molecule has 0 atom stereocenters. The zero-order chi connectivity index (χ0) is 36.3. The molecule has 0 unspecified atom stereocenters. The third kappa shape index (κ3) is 4.23. The predicted molar refractivity (Wildman–Crippen MR) is 226 cm³/mol. The van der Waals surface area contributed by atoms with E-state index in [0.717, 1.165) is 33.6 Å². The van der Waals surface area contributed by atoms with Crippen LogP contribution in [-0.2, 0) is 10.8 Å². The first-order chi connectivity index (χ1) is 26.3. The summed E-state index contributed by atoms with van der Waals surface area (Å²) in [5.41, 5.74) is 18.1. The van der Waals surface area contributed by atoms with Crippen LogP contribution in [0.5, 0.6) is 0 Å². The molecule has 2 heteroatoms. The van der Waals surface area contributed by atoms with Crippen molar-refractivity contribution in [1.82, 2.24) is 0 Å². The molecular formula is C52H39NO. The molecule has 0 bridgehead atoms. The molecule has 0 saturated heterocycles. The monoisotopic (exact) mass is 693 g/mol. The molecule has 9 aromatic rings. The molecule has 0 saturated carbocycles. The molecule has 0 fully saturated rings. The fourth-order valence-corrected chi connectivity index (χ4v) is 9.82. The highest BCUT2D eigenvalue weighted by Crippen LogP contribution is 2.57. The van der Waals surface area contributed by atoms with Gasteiger partial charge in [-0.3, -0.25) is 0 Å². The van der Waals surface area contributed by atoms with Gasteiger partial charge in [-0.2, -0.15) is 0 Å². The maximum atomic E-state index is 6.80. The van der Waals surface area contributed by atoms with Crippen molar-refractivity contribution in [3.63, 3.8) is 0 Å². The number of hydrogen-bond acceptors (Lipinski definition) is 2. The van der Waals surface area contributed by atoms with Crippen molar-refractivity contribution in [2.24, 2.45) is 0 Å². The average molecular weight is 694 g/mol. The van der Waals surface area contributed by atoms with Crippen LogP contribution in [0.25, 0.3) is 66.1 Å². The summed E-state index contributed by atoms with van der Waals surface area (Å²) in [7, 11) is 0. The Labute approximate surface area is 315 Å². The van der Waals surface area contributed by atoms with Crippen molar-refractivity contribution in [2.75, 3.05) is 4.90 Å². The number of nitrogens with zero attached hydrogens (tertiary/aromatic N) is 1. The van der Waals surface area contributed by atoms with Crippen molar-refractivity contribution in [1.29, 1.82) is 0 Å². The summed E-state index contributed by atoms with van der Waals surface area (Å²) in [4.78, 5) is 2.44. The molecule has 258 valence electrons. The largest absolute Gasteiger partial charge is 0.455 e. The van der Waals surface area contributed by atoms with Crippen molar-refractivity contribution < 1.29 is 4.42 Å². The molecule has 54 heavy (non-hydrogen) atoms. The molecule has 1 heterocycles. The van der Waals surface area contributed by atoms with Crippen LogP contribution in [0.3, 0.4) is 0 Å². The van der Waals surface area contributed by atoms with E-state index in [1.54, 1.807) is 0 Å². The second-order valence-electron chi connectivity index (χ2n) is 16.1. The third-order valence-corrected chi connectivity index (χ3v) is 12.4. The van der Waals surface area contributed by atoms with E-state index in [4.69, 9.17) is 4.42 Å². The lowest BCUT2D eigenvalue weighted by atomic mass is 9.79. The molecule has 2 aliphatic rings. The third-order valence-electron chi connectivity index (χ3n) is 12.4. The summed E-state index contributed by atoms with van der Waals surface area (Å²) >= 11 is 0. The van der Waals surface area contributed by atoms with E-state index in [2.05, 4.69) is 196 Å². The van der Waals surface area contributed by atoms with Crippen LogP contribution in [0.1, 0.15) is 49.9 Å². The standard InChI is InChI=1S/C52H39NO/c1-51(2)43-19-11-8-16-37(43)38-28-26-36(31-45(38)51)53(34-24-22-33(23-25-34)32-14-6-5-7-15-32)35-27-29-39-42(30-35)47-40-17-9-12-20-44(40)52(3,4)49(47)48-41-18-10-13-21-46(41)54-50(39)48/h5-31H,1-4H3. The van der Waals surface area contributed by atoms with E-state index in [1.807, 2.05) is 0 Å². The minimum absolute atomic E-state index is 0.114. The minimum Gasteiger partial charge on any atom is -0.455 e. The Bertz CT molecular complexity index is 2980. The molecule has 8 aromatic carbocycles. The van der Waals surface area contributed by atoms with E-state index >= 15 is 0 Å². The van der Waals surface area contributed by atoms with Crippen molar-refractivity contribution in [3.05, 3.63) is 186 Å². The summed E-state index contributed by atoms with van der Waals surface area (Å²) in [5.74, 6) is 0. The van der Waals surface area contributed by atoms with Gasteiger partial charge in [0.2, 0.25) is 0 Å². The molecular weight excluding hydrogens is 655 g/mol. The van der Waals surface area contributed by atoms with Crippen LogP contribution in [-0.4, -0.2) is 0 Å². The van der Waals surface area contributed by atoms with E-state index in [1.165, 1.54) is 71.8 Å². The van der Waals surface area contributed by atoms with Crippen LogP contribution in [0.15, 0.2) is 168 Å². The fourth-order valence-electron chi connectivity index (χ4n) is 9.82. The fraction of sp³-hybridized carbons (Fsp3) is 0.115. The maximum Gasteiger partial charge on any atom is 0.143 e. The highest BCUT2D eigenvalue weighted by Gasteiger charge is 2.40. The van der Waals surface area contributed by atoms with Crippen LogP contribution in [0, 0.1) is 0 Å². The van der Waals surface area contributed by atoms with Gasteiger partial charge in [0.1, 0.15) is 11.2 Å². The maximum absolute atomic E-state index is 6.80. The van der Waals surface area contributed by atoms with Crippen LogP contribution < -0.4 is 4.90 Å². The van der Waals surface area contributed by atoms with E-state index < -0.39 is 0 Å². The Hall–Kier alpha value is -6.38. The molecule has 0 aliphatic heterocycles. The quantitative estimate of drug-likeness (QED) is 0.182. The lowest BCUT2D eigenvalue weighted by molar-refractivity contribution is 0.659. The lowest BCUT2D eigenvalue weighted by Gasteiger charge is -2.29. The Kier molecular flexibility index (Phi) is 6.39. The van der Waals surface area contributed by atoms with Gasteiger partial charge < -0.3 is 9.32 Å². The van der Waals surface area contributed by atoms with E-state index in [9.17, 15) is 0 Å². The number of rotatable bonds is 4. The summed E-state index contributed by atoms with van der Waals surface area (Å²) in [5, 5.41) is 4.77. The number of hydrogen-bond donors (Lipinski definition) is 0. The smallest absolute Gasteiger partial charge is 0.143 e. The molecule has 2 aliphatic carbocycles. The number of anilines is 3.